The molecule has 0 radical (unpaired) electrons. The van der Waals surface area contributed by atoms with Crippen molar-refractivity contribution in [1.29, 1.82) is 0 Å². The second-order valence-corrected chi connectivity index (χ2v) is 9.57. The third-order valence-electron chi connectivity index (χ3n) is 5.03. The van der Waals surface area contributed by atoms with Gasteiger partial charge < -0.3 is 5.32 Å². The number of amides is 1. The van der Waals surface area contributed by atoms with Crippen molar-refractivity contribution >= 4 is 21.6 Å². The molecule has 0 aliphatic heterocycles. The molecule has 0 heterocycles. The van der Waals surface area contributed by atoms with Crippen molar-refractivity contribution in [2.24, 2.45) is 0 Å². The first-order valence-corrected chi connectivity index (χ1v) is 11.9. The number of carbonyl (C=O) groups is 1. The summed E-state index contributed by atoms with van der Waals surface area (Å²) < 4.78 is 25.7. The van der Waals surface area contributed by atoms with Gasteiger partial charge >= 0.3 is 0 Å². The minimum Gasteiger partial charge on any atom is -0.349 e. The van der Waals surface area contributed by atoms with Crippen LogP contribution in [0.25, 0.3) is 0 Å². The highest BCUT2D eigenvalue weighted by atomic mass is 32.2. The van der Waals surface area contributed by atoms with Crippen molar-refractivity contribution < 1.29 is 13.2 Å². The minimum absolute atomic E-state index is 0.0359. The summed E-state index contributed by atoms with van der Waals surface area (Å²) in [6.45, 7) is 8.39. The average Bonchev–Trinajstić information content (AvgIpc) is 2.64. The number of anilines is 1. The van der Waals surface area contributed by atoms with E-state index in [1.54, 1.807) is 12.1 Å². The molecule has 1 atom stereocenters. The highest BCUT2D eigenvalue weighted by Crippen LogP contribution is 2.22. The Labute approximate surface area is 175 Å². The standard InChI is InChI=1S/C23H32N2O3S/c1-6-22(21-14-11-18(3)16-19(21)4)24-23(26)8-7-15-25(29(5,27)28)20-12-9-17(2)10-13-20/h9-14,16,22H,6-8,15H2,1-5H3,(H,24,26)/t22-/m1/s1. The number of sulfonamides is 1. The molecule has 2 aromatic carbocycles. The molecule has 0 bridgehead atoms. The fraction of sp³-hybridized carbons (Fsp3) is 0.435. The molecule has 29 heavy (non-hydrogen) atoms. The third-order valence-corrected chi connectivity index (χ3v) is 6.23. The second-order valence-electron chi connectivity index (χ2n) is 7.66. The molecule has 2 rings (SSSR count). The SMILES string of the molecule is CC[C@@H](NC(=O)CCCN(c1ccc(C)cc1)S(C)(=O)=O)c1ccc(C)cc1C. The van der Waals surface area contributed by atoms with Gasteiger partial charge in [-0.3, -0.25) is 9.10 Å². The maximum atomic E-state index is 12.5. The van der Waals surface area contributed by atoms with Gasteiger partial charge in [-0.2, -0.15) is 0 Å². The molecule has 0 fully saturated rings. The molecule has 0 aromatic heterocycles. The Bertz CT molecular complexity index is 937. The Morgan fingerprint density at radius 2 is 1.66 bits per heavy atom. The second kappa shape index (κ2) is 9.92. The molecule has 0 saturated carbocycles. The fourth-order valence-corrected chi connectivity index (χ4v) is 4.43. The van der Waals surface area contributed by atoms with E-state index in [9.17, 15) is 13.2 Å². The number of carbonyl (C=O) groups excluding carboxylic acids is 1. The molecule has 0 spiro atoms. The van der Waals surface area contributed by atoms with Crippen molar-refractivity contribution in [3.63, 3.8) is 0 Å². The van der Waals surface area contributed by atoms with Gasteiger partial charge in [0.15, 0.2) is 0 Å². The summed E-state index contributed by atoms with van der Waals surface area (Å²) in [5, 5.41) is 3.10. The number of aryl methyl sites for hydroxylation is 3. The predicted octanol–water partition coefficient (Wildman–Crippen LogP) is 4.43. The van der Waals surface area contributed by atoms with Crippen LogP contribution in [0.2, 0.25) is 0 Å². The predicted molar refractivity (Wildman–Crippen MR) is 120 cm³/mol. The van der Waals surface area contributed by atoms with E-state index in [0.29, 0.717) is 12.1 Å². The number of hydrogen-bond acceptors (Lipinski definition) is 3. The molecule has 0 unspecified atom stereocenters. The topological polar surface area (TPSA) is 66.5 Å². The number of nitrogens with zero attached hydrogens (tertiary/aromatic N) is 1. The Kier molecular flexibility index (Phi) is 7.85. The molecule has 0 aliphatic carbocycles. The smallest absolute Gasteiger partial charge is 0.232 e. The van der Waals surface area contributed by atoms with E-state index in [1.807, 2.05) is 26.0 Å². The monoisotopic (exact) mass is 416 g/mol. The van der Waals surface area contributed by atoms with Crippen molar-refractivity contribution in [3.05, 3.63) is 64.7 Å². The summed E-state index contributed by atoms with van der Waals surface area (Å²) in [5.74, 6) is -0.0609. The zero-order chi connectivity index (χ0) is 21.6. The highest BCUT2D eigenvalue weighted by molar-refractivity contribution is 7.92. The maximum Gasteiger partial charge on any atom is 0.232 e. The Morgan fingerprint density at radius 1 is 1.03 bits per heavy atom. The van der Waals surface area contributed by atoms with Crippen LogP contribution in [0.4, 0.5) is 5.69 Å². The summed E-state index contributed by atoms with van der Waals surface area (Å²) in [7, 11) is -3.41. The first-order valence-electron chi connectivity index (χ1n) is 10.0. The molecule has 1 N–H and O–H groups in total. The molecule has 158 valence electrons. The molecular formula is C23H32N2O3S. The van der Waals surface area contributed by atoms with Gasteiger partial charge in [-0.25, -0.2) is 8.42 Å². The molecule has 1 amide bonds. The van der Waals surface area contributed by atoms with Crippen LogP contribution in [0.5, 0.6) is 0 Å². The van der Waals surface area contributed by atoms with E-state index in [0.717, 1.165) is 17.5 Å². The van der Waals surface area contributed by atoms with Gasteiger partial charge in [0.2, 0.25) is 15.9 Å². The van der Waals surface area contributed by atoms with Crippen molar-refractivity contribution in [3.8, 4) is 0 Å². The van der Waals surface area contributed by atoms with Gasteiger partial charge in [0.25, 0.3) is 0 Å². The lowest BCUT2D eigenvalue weighted by molar-refractivity contribution is -0.121. The first kappa shape index (κ1) is 22.9. The summed E-state index contributed by atoms with van der Waals surface area (Å²) >= 11 is 0. The van der Waals surface area contributed by atoms with Crippen LogP contribution in [0.3, 0.4) is 0 Å². The van der Waals surface area contributed by atoms with E-state index in [-0.39, 0.29) is 24.9 Å². The van der Waals surface area contributed by atoms with Crippen LogP contribution in [0, 0.1) is 20.8 Å². The number of benzene rings is 2. The highest BCUT2D eigenvalue weighted by Gasteiger charge is 2.19. The summed E-state index contributed by atoms with van der Waals surface area (Å²) in [6.07, 6.45) is 2.73. The summed E-state index contributed by atoms with van der Waals surface area (Å²) in [5.41, 5.74) is 5.19. The Morgan fingerprint density at radius 3 is 2.21 bits per heavy atom. The lowest BCUT2D eigenvalue weighted by Crippen LogP contribution is -2.33. The maximum absolute atomic E-state index is 12.5. The van der Waals surface area contributed by atoms with E-state index < -0.39 is 10.0 Å². The molecular weight excluding hydrogens is 384 g/mol. The van der Waals surface area contributed by atoms with Crippen LogP contribution in [0.1, 0.15) is 54.5 Å². The van der Waals surface area contributed by atoms with Crippen LogP contribution in [-0.2, 0) is 14.8 Å². The van der Waals surface area contributed by atoms with Crippen molar-refractivity contribution in [2.75, 3.05) is 17.1 Å². The van der Waals surface area contributed by atoms with Crippen LogP contribution < -0.4 is 9.62 Å². The largest absolute Gasteiger partial charge is 0.349 e. The quantitative estimate of drug-likeness (QED) is 0.658. The van der Waals surface area contributed by atoms with E-state index in [1.165, 1.54) is 21.7 Å². The number of rotatable bonds is 9. The van der Waals surface area contributed by atoms with Crippen LogP contribution >= 0.6 is 0 Å². The zero-order valence-electron chi connectivity index (χ0n) is 18.0. The first-order chi connectivity index (χ1) is 13.6. The Hall–Kier alpha value is -2.34. The van der Waals surface area contributed by atoms with Gasteiger partial charge in [0.05, 0.1) is 18.0 Å². The minimum atomic E-state index is -3.41. The molecule has 0 aliphatic rings. The van der Waals surface area contributed by atoms with Crippen molar-refractivity contribution in [1.82, 2.24) is 5.32 Å². The fourth-order valence-electron chi connectivity index (χ4n) is 3.46. The van der Waals surface area contributed by atoms with Gasteiger partial charge in [-0.05, 0) is 56.9 Å². The Balaban J connectivity index is 1.98. The number of hydrogen-bond donors (Lipinski definition) is 1. The third kappa shape index (κ3) is 6.60. The van der Waals surface area contributed by atoms with Crippen LogP contribution in [-0.4, -0.2) is 27.1 Å². The summed E-state index contributed by atoms with van der Waals surface area (Å²) in [4.78, 5) is 12.5. The molecule has 0 saturated heterocycles. The molecule has 5 nitrogen and oxygen atoms in total. The summed E-state index contributed by atoms with van der Waals surface area (Å²) in [6, 6.07) is 13.6. The van der Waals surface area contributed by atoms with E-state index >= 15 is 0 Å². The lowest BCUT2D eigenvalue weighted by Gasteiger charge is -2.23. The van der Waals surface area contributed by atoms with E-state index in [4.69, 9.17) is 0 Å². The van der Waals surface area contributed by atoms with Crippen LogP contribution in [0.15, 0.2) is 42.5 Å². The van der Waals surface area contributed by atoms with Gasteiger partial charge in [0.1, 0.15) is 0 Å². The van der Waals surface area contributed by atoms with E-state index in [2.05, 4.69) is 37.4 Å². The molecule has 6 heteroatoms. The van der Waals surface area contributed by atoms with Gasteiger partial charge in [-0.1, -0.05) is 48.4 Å². The molecule has 2 aromatic rings. The zero-order valence-corrected chi connectivity index (χ0v) is 18.8. The van der Waals surface area contributed by atoms with Crippen molar-refractivity contribution in [2.45, 2.75) is 53.0 Å². The normalized spacial score (nSPS) is 12.4. The van der Waals surface area contributed by atoms with Gasteiger partial charge in [-0.15, -0.1) is 0 Å². The number of nitrogens with one attached hydrogen (secondary N) is 1. The average molecular weight is 417 g/mol. The lowest BCUT2D eigenvalue weighted by atomic mass is 9.97. The van der Waals surface area contributed by atoms with Gasteiger partial charge in [0, 0.05) is 13.0 Å².